The molecule has 0 fully saturated rings. The van der Waals surface area contributed by atoms with Crippen LogP contribution in [-0.2, 0) is 0 Å². The number of nitrogens with one attached hydrogen (secondary N) is 1. The fourth-order valence-electron chi connectivity index (χ4n) is 2.14. The number of hydrogen-bond donors (Lipinski definition) is 1. The number of benzene rings is 2. The van der Waals surface area contributed by atoms with Crippen LogP contribution in [0.1, 0.15) is 17.3 Å². The van der Waals surface area contributed by atoms with E-state index in [0.717, 1.165) is 5.69 Å². The summed E-state index contributed by atoms with van der Waals surface area (Å²) in [7, 11) is 0. The monoisotopic (exact) mass is 309 g/mol. The van der Waals surface area contributed by atoms with Crippen LogP contribution in [0.3, 0.4) is 0 Å². The van der Waals surface area contributed by atoms with E-state index in [-0.39, 0.29) is 5.91 Å². The van der Waals surface area contributed by atoms with Gasteiger partial charge in [0.1, 0.15) is 12.1 Å². The van der Waals surface area contributed by atoms with Crippen LogP contribution < -0.4 is 10.1 Å². The Morgan fingerprint density at radius 1 is 1.22 bits per heavy atom. The van der Waals surface area contributed by atoms with Crippen molar-refractivity contribution in [3.8, 4) is 11.4 Å². The zero-order valence-corrected chi connectivity index (χ0v) is 12.5. The summed E-state index contributed by atoms with van der Waals surface area (Å²) in [6, 6.07) is 14.4. The number of ether oxygens (including phenoxy) is 1. The molecule has 1 heterocycles. The zero-order valence-electron chi connectivity index (χ0n) is 12.5. The molecular formula is C16H15N5O2. The van der Waals surface area contributed by atoms with Crippen LogP contribution in [0, 0.1) is 0 Å². The number of amides is 1. The molecule has 23 heavy (non-hydrogen) atoms. The lowest BCUT2D eigenvalue weighted by atomic mass is 10.2. The maximum absolute atomic E-state index is 12.5. The normalized spacial score (nSPS) is 10.3. The Morgan fingerprint density at radius 3 is 2.87 bits per heavy atom. The van der Waals surface area contributed by atoms with Gasteiger partial charge in [0.2, 0.25) is 0 Å². The van der Waals surface area contributed by atoms with Gasteiger partial charge < -0.3 is 10.1 Å². The molecule has 2 aromatic carbocycles. The van der Waals surface area contributed by atoms with Gasteiger partial charge in [0.15, 0.2) is 0 Å². The second kappa shape index (κ2) is 6.69. The van der Waals surface area contributed by atoms with Gasteiger partial charge >= 0.3 is 0 Å². The second-order valence-corrected chi connectivity index (χ2v) is 4.69. The highest BCUT2D eigenvalue weighted by molar-refractivity contribution is 6.06. The molecule has 0 aliphatic heterocycles. The van der Waals surface area contributed by atoms with Crippen molar-refractivity contribution in [2.45, 2.75) is 6.92 Å². The lowest BCUT2D eigenvalue weighted by Crippen LogP contribution is -2.14. The molecule has 7 heteroatoms. The summed E-state index contributed by atoms with van der Waals surface area (Å²) >= 11 is 0. The van der Waals surface area contributed by atoms with Crippen molar-refractivity contribution < 1.29 is 9.53 Å². The molecule has 0 atom stereocenters. The molecule has 1 aromatic heterocycles. The highest BCUT2D eigenvalue weighted by Gasteiger charge is 2.12. The number of carbonyl (C=O) groups is 1. The van der Waals surface area contributed by atoms with Gasteiger partial charge in [-0.25, -0.2) is 4.68 Å². The molecular weight excluding hydrogens is 294 g/mol. The number of tetrazole rings is 1. The van der Waals surface area contributed by atoms with E-state index < -0.39 is 0 Å². The molecule has 7 nitrogen and oxygen atoms in total. The van der Waals surface area contributed by atoms with E-state index in [1.807, 2.05) is 25.1 Å². The van der Waals surface area contributed by atoms with Gasteiger partial charge in [0, 0.05) is 5.69 Å². The number of nitrogens with zero attached hydrogens (tertiary/aromatic N) is 4. The number of rotatable bonds is 5. The van der Waals surface area contributed by atoms with Crippen LogP contribution in [0.5, 0.6) is 5.75 Å². The molecule has 1 amide bonds. The summed E-state index contributed by atoms with van der Waals surface area (Å²) in [4.78, 5) is 12.5. The molecule has 0 saturated carbocycles. The number of anilines is 1. The average molecular weight is 309 g/mol. The SMILES string of the molecule is CCOc1ccccc1C(=O)Nc1cccc(-n2cnnn2)c1. The number of carbonyl (C=O) groups excluding carboxylic acids is 1. The first-order chi connectivity index (χ1) is 11.3. The van der Waals surface area contributed by atoms with Crippen LogP contribution in [0.4, 0.5) is 5.69 Å². The molecule has 3 rings (SSSR count). The van der Waals surface area contributed by atoms with Crippen molar-refractivity contribution in [3.63, 3.8) is 0 Å². The van der Waals surface area contributed by atoms with E-state index in [4.69, 9.17) is 4.74 Å². The summed E-state index contributed by atoms with van der Waals surface area (Å²) < 4.78 is 7.00. The Kier molecular flexibility index (Phi) is 4.28. The van der Waals surface area contributed by atoms with Gasteiger partial charge in [-0.3, -0.25) is 4.79 Å². The summed E-state index contributed by atoms with van der Waals surface area (Å²) in [5.74, 6) is 0.326. The third-order valence-electron chi connectivity index (χ3n) is 3.15. The van der Waals surface area contributed by atoms with Gasteiger partial charge in [-0.1, -0.05) is 18.2 Å². The first-order valence-electron chi connectivity index (χ1n) is 7.14. The Balaban J connectivity index is 1.82. The highest BCUT2D eigenvalue weighted by atomic mass is 16.5. The maximum atomic E-state index is 12.5. The third-order valence-corrected chi connectivity index (χ3v) is 3.15. The molecule has 0 saturated heterocycles. The topological polar surface area (TPSA) is 81.9 Å². The van der Waals surface area contributed by atoms with Crippen LogP contribution in [0.25, 0.3) is 5.69 Å². The van der Waals surface area contributed by atoms with Crippen molar-refractivity contribution in [2.24, 2.45) is 0 Å². The standard InChI is InChI=1S/C16H15N5O2/c1-2-23-15-9-4-3-8-14(15)16(22)18-12-6-5-7-13(10-12)21-11-17-19-20-21/h3-11H,2H2,1H3,(H,18,22). The quantitative estimate of drug-likeness (QED) is 0.782. The first-order valence-corrected chi connectivity index (χ1v) is 7.14. The average Bonchev–Trinajstić information content (AvgIpc) is 3.10. The fourth-order valence-corrected chi connectivity index (χ4v) is 2.14. The Morgan fingerprint density at radius 2 is 2.09 bits per heavy atom. The maximum Gasteiger partial charge on any atom is 0.259 e. The number of aromatic nitrogens is 4. The van der Waals surface area contributed by atoms with Gasteiger partial charge in [-0.15, -0.1) is 5.10 Å². The molecule has 0 unspecified atom stereocenters. The van der Waals surface area contributed by atoms with E-state index in [9.17, 15) is 4.79 Å². The number of para-hydroxylation sites is 1. The Bertz CT molecular complexity index is 802. The molecule has 0 spiro atoms. The minimum atomic E-state index is -0.233. The van der Waals surface area contributed by atoms with E-state index in [1.54, 1.807) is 30.3 Å². The molecule has 0 aliphatic rings. The molecule has 0 aliphatic carbocycles. The van der Waals surface area contributed by atoms with E-state index in [0.29, 0.717) is 23.6 Å². The van der Waals surface area contributed by atoms with Crippen LogP contribution >= 0.6 is 0 Å². The second-order valence-electron chi connectivity index (χ2n) is 4.69. The minimum Gasteiger partial charge on any atom is -0.493 e. The zero-order chi connectivity index (χ0) is 16.1. The molecule has 3 aromatic rings. The van der Waals surface area contributed by atoms with Crippen molar-refractivity contribution in [1.29, 1.82) is 0 Å². The number of hydrogen-bond acceptors (Lipinski definition) is 5. The summed E-state index contributed by atoms with van der Waals surface area (Å²) in [6.45, 7) is 2.38. The van der Waals surface area contributed by atoms with Gasteiger partial charge in [-0.05, 0) is 47.7 Å². The van der Waals surface area contributed by atoms with Crippen molar-refractivity contribution >= 4 is 11.6 Å². The van der Waals surface area contributed by atoms with Crippen molar-refractivity contribution in [2.75, 3.05) is 11.9 Å². The van der Waals surface area contributed by atoms with Crippen LogP contribution in [0.15, 0.2) is 54.9 Å². The summed E-state index contributed by atoms with van der Waals surface area (Å²) in [5.41, 5.74) is 1.89. The van der Waals surface area contributed by atoms with Gasteiger partial charge in [0.25, 0.3) is 5.91 Å². The predicted molar refractivity (Wildman–Crippen MR) is 84.7 cm³/mol. The molecule has 1 N–H and O–H groups in total. The van der Waals surface area contributed by atoms with Gasteiger partial charge in [0.05, 0.1) is 17.9 Å². The Labute approximate surface area is 132 Å². The highest BCUT2D eigenvalue weighted by Crippen LogP contribution is 2.20. The summed E-state index contributed by atoms with van der Waals surface area (Å²) in [5, 5.41) is 13.9. The van der Waals surface area contributed by atoms with Gasteiger partial charge in [-0.2, -0.15) is 0 Å². The molecule has 0 radical (unpaired) electrons. The lowest BCUT2D eigenvalue weighted by Gasteiger charge is -2.11. The van der Waals surface area contributed by atoms with Crippen molar-refractivity contribution in [1.82, 2.24) is 20.2 Å². The van der Waals surface area contributed by atoms with E-state index in [1.165, 1.54) is 11.0 Å². The summed E-state index contributed by atoms with van der Waals surface area (Å²) in [6.07, 6.45) is 1.49. The van der Waals surface area contributed by atoms with Crippen LogP contribution in [0.2, 0.25) is 0 Å². The first kappa shape index (κ1) is 14.7. The third kappa shape index (κ3) is 3.34. The van der Waals surface area contributed by atoms with Crippen LogP contribution in [-0.4, -0.2) is 32.7 Å². The largest absolute Gasteiger partial charge is 0.493 e. The Hall–Kier alpha value is -3.22. The minimum absolute atomic E-state index is 0.233. The molecule has 116 valence electrons. The van der Waals surface area contributed by atoms with Crippen molar-refractivity contribution in [3.05, 3.63) is 60.4 Å². The molecule has 0 bridgehead atoms. The smallest absolute Gasteiger partial charge is 0.259 e. The predicted octanol–water partition coefficient (Wildman–Crippen LogP) is 2.31. The lowest BCUT2D eigenvalue weighted by molar-refractivity contribution is 0.102. The van der Waals surface area contributed by atoms with E-state index in [2.05, 4.69) is 20.8 Å². The fraction of sp³-hybridized carbons (Fsp3) is 0.125. The van der Waals surface area contributed by atoms with E-state index >= 15 is 0 Å².